The fraction of sp³-hybridized carbons (Fsp3) is 0.400. The van der Waals surface area contributed by atoms with Gasteiger partial charge in [-0.15, -0.1) is 0 Å². The van der Waals surface area contributed by atoms with Crippen molar-refractivity contribution in [2.45, 2.75) is 52.6 Å². The Bertz CT molecular complexity index is 982. The maximum absolute atomic E-state index is 14.2. The molecule has 0 aliphatic heterocycles. The Labute approximate surface area is 187 Å². The lowest BCUT2D eigenvalue weighted by Gasteiger charge is -2.20. The van der Waals surface area contributed by atoms with Gasteiger partial charge in [0.05, 0.1) is 12.0 Å². The molecule has 0 bridgehead atoms. The predicted molar refractivity (Wildman–Crippen MR) is 118 cm³/mol. The Morgan fingerprint density at radius 2 is 1.72 bits per heavy atom. The lowest BCUT2D eigenvalue weighted by molar-refractivity contribution is -0.157. The van der Waals surface area contributed by atoms with Crippen molar-refractivity contribution in [2.75, 3.05) is 6.54 Å². The van der Waals surface area contributed by atoms with Gasteiger partial charge in [0.25, 0.3) is 0 Å². The molecule has 0 saturated carbocycles. The minimum Gasteiger partial charge on any atom is -0.460 e. The molecule has 0 unspecified atom stereocenters. The Kier molecular flexibility index (Phi) is 8.63. The average molecular weight is 446 g/mol. The first kappa shape index (κ1) is 25.2. The molecule has 7 heteroatoms. The average Bonchev–Trinajstić information content (AvgIpc) is 2.70. The van der Waals surface area contributed by atoms with Crippen molar-refractivity contribution in [1.82, 2.24) is 5.32 Å². The van der Waals surface area contributed by atoms with Crippen molar-refractivity contribution in [3.8, 4) is 11.1 Å². The third-order valence-corrected chi connectivity index (χ3v) is 4.67. The van der Waals surface area contributed by atoms with Crippen LogP contribution in [0.25, 0.3) is 11.1 Å². The van der Waals surface area contributed by atoms with E-state index in [4.69, 9.17) is 4.74 Å². The summed E-state index contributed by atoms with van der Waals surface area (Å²) in [4.78, 5) is 36.5. The van der Waals surface area contributed by atoms with Gasteiger partial charge in [0.15, 0.2) is 5.78 Å². The minimum atomic E-state index is -0.676. The third kappa shape index (κ3) is 7.55. The monoisotopic (exact) mass is 445 g/mol. The van der Waals surface area contributed by atoms with Gasteiger partial charge in [0.2, 0.25) is 5.91 Å². The molecule has 2 aromatic carbocycles. The van der Waals surface area contributed by atoms with Crippen LogP contribution in [0.1, 0.15) is 57.3 Å². The van der Waals surface area contributed by atoms with Gasteiger partial charge in [-0.2, -0.15) is 0 Å². The molecule has 5 nitrogen and oxygen atoms in total. The number of carbonyl (C=O) groups excluding carboxylic acids is 3. The summed E-state index contributed by atoms with van der Waals surface area (Å²) >= 11 is 0. The fourth-order valence-corrected chi connectivity index (χ4v) is 3.10. The van der Waals surface area contributed by atoms with Crippen LogP contribution in [-0.2, 0) is 14.3 Å². The van der Waals surface area contributed by atoms with E-state index >= 15 is 0 Å². The van der Waals surface area contributed by atoms with Crippen LogP contribution in [0.3, 0.4) is 0 Å². The molecule has 1 N–H and O–H groups in total. The fourth-order valence-electron chi connectivity index (χ4n) is 3.10. The largest absolute Gasteiger partial charge is 0.460 e. The standard InChI is InChI=1S/C25H29F2NO4/c1-16(14-23(30)32-25(2,3)4)24(31)28-13-7-10-22(29)19-15-17(11-12-21(19)27)18-8-5-6-9-20(18)26/h5-6,8-9,11-12,15-16H,7,10,13-14H2,1-4H3,(H,28,31)/t16-/m1/s1. The molecule has 1 atom stereocenters. The van der Waals surface area contributed by atoms with Crippen molar-refractivity contribution in [1.29, 1.82) is 0 Å². The highest BCUT2D eigenvalue weighted by molar-refractivity contribution is 5.97. The first-order valence-electron chi connectivity index (χ1n) is 10.5. The summed E-state index contributed by atoms with van der Waals surface area (Å²) in [5, 5.41) is 2.67. The molecular formula is C25H29F2NO4. The number of benzene rings is 2. The van der Waals surface area contributed by atoms with E-state index < -0.39 is 34.9 Å². The highest BCUT2D eigenvalue weighted by Gasteiger charge is 2.22. The number of halogens is 2. The molecular weight excluding hydrogens is 416 g/mol. The number of ether oxygens (including phenoxy) is 1. The van der Waals surface area contributed by atoms with E-state index in [1.807, 2.05) is 0 Å². The van der Waals surface area contributed by atoms with Gasteiger partial charge < -0.3 is 10.1 Å². The van der Waals surface area contributed by atoms with E-state index in [0.29, 0.717) is 12.0 Å². The second kappa shape index (κ2) is 11.0. The Morgan fingerprint density at radius 1 is 1.03 bits per heavy atom. The number of nitrogens with one attached hydrogen (secondary N) is 1. The van der Waals surface area contributed by atoms with Crippen LogP contribution in [0, 0.1) is 17.6 Å². The first-order chi connectivity index (χ1) is 15.0. The van der Waals surface area contributed by atoms with Crippen molar-refractivity contribution in [3.05, 3.63) is 59.7 Å². The van der Waals surface area contributed by atoms with Crippen LogP contribution in [0.5, 0.6) is 0 Å². The van der Waals surface area contributed by atoms with Crippen molar-refractivity contribution >= 4 is 17.7 Å². The molecule has 0 fully saturated rings. The number of esters is 1. The summed E-state index contributed by atoms with van der Waals surface area (Å²) in [7, 11) is 0. The SMILES string of the molecule is C[C@H](CC(=O)OC(C)(C)C)C(=O)NCCCC(=O)c1cc(-c2ccccc2F)ccc1F. The van der Waals surface area contributed by atoms with Gasteiger partial charge in [-0.05, 0) is 51.0 Å². The van der Waals surface area contributed by atoms with Crippen molar-refractivity contribution in [2.24, 2.45) is 5.92 Å². The molecule has 0 heterocycles. The molecule has 2 rings (SSSR count). The van der Waals surface area contributed by atoms with Gasteiger partial charge in [-0.1, -0.05) is 31.2 Å². The molecule has 172 valence electrons. The highest BCUT2D eigenvalue weighted by Crippen LogP contribution is 2.25. The Morgan fingerprint density at radius 3 is 2.38 bits per heavy atom. The molecule has 0 aliphatic rings. The number of hydrogen-bond acceptors (Lipinski definition) is 4. The van der Waals surface area contributed by atoms with Gasteiger partial charge in [-0.25, -0.2) is 8.78 Å². The number of ketones is 1. The lowest BCUT2D eigenvalue weighted by Crippen LogP contribution is -2.33. The maximum Gasteiger partial charge on any atom is 0.307 e. The van der Waals surface area contributed by atoms with Crippen LogP contribution in [0.2, 0.25) is 0 Å². The summed E-state index contributed by atoms with van der Waals surface area (Å²) in [5.74, 6) is -2.92. The highest BCUT2D eigenvalue weighted by atomic mass is 19.1. The maximum atomic E-state index is 14.2. The topological polar surface area (TPSA) is 72.5 Å². The quantitative estimate of drug-likeness (QED) is 0.332. The molecule has 2 aromatic rings. The Balaban J connectivity index is 1.87. The van der Waals surface area contributed by atoms with E-state index in [2.05, 4.69) is 5.32 Å². The summed E-state index contributed by atoms with van der Waals surface area (Å²) in [6.45, 7) is 7.08. The van der Waals surface area contributed by atoms with E-state index in [9.17, 15) is 23.2 Å². The van der Waals surface area contributed by atoms with Crippen molar-refractivity contribution < 1.29 is 27.9 Å². The van der Waals surface area contributed by atoms with Crippen LogP contribution < -0.4 is 5.32 Å². The zero-order valence-electron chi connectivity index (χ0n) is 18.8. The molecule has 32 heavy (non-hydrogen) atoms. The normalized spacial score (nSPS) is 12.2. The van der Waals surface area contributed by atoms with E-state index in [1.54, 1.807) is 45.9 Å². The van der Waals surface area contributed by atoms with Crippen molar-refractivity contribution in [3.63, 3.8) is 0 Å². The number of hydrogen-bond donors (Lipinski definition) is 1. The van der Waals surface area contributed by atoms with Crippen LogP contribution in [0.15, 0.2) is 42.5 Å². The molecule has 1 amide bonds. The van der Waals surface area contributed by atoms with Crippen LogP contribution in [0.4, 0.5) is 8.78 Å². The minimum absolute atomic E-state index is 0.0123. The van der Waals surface area contributed by atoms with Crippen LogP contribution >= 0.6 is 0 Å². The number of amides is 1. The number of Topliss-reactive ketones (excluding diaryl/α,β-unsaturated/α-hetero) is 1. The van der Waals surface area contributed by atoms with E-state index in [0.717, 1.165) is 6.07 Å². The smallest absolute Gasteiger partial charge is 0.307 e. The summed E-state index contributed by atoms with van der Waals surface area (Å²) in [6.07, 6.45) is 0.265. The Hall–Kier alpha value is -3.09. The zero-order chi connectivity index (χ0) is 23.9. The summed E-state index contributed by atoms with van der Waals surface area (Å²) in [5.41, 5.74) is -0.0350. The first-order valence-corrected chi connectivity index (χ1v) is 10.5. The molecule has 0 aromatic heterocycles. The molecule has 0 spiro atoms. The number of rotatable bonds is 9. The van der Waals surface area contributed by atoms with Gasteiger partial charge >= 0.3 is 5.97 Å². The molecule has 0 saturated heterocycles. The number of carbonyl (C=O) groups is 3. The molecule has 0 aliphatic carbocycles. The summed E-state index contributed by atoms with van der Waals surface area (Å²) < 4.78 is 33.4. The predicted octanol–water partition coefficient (Wildman–Crippen LogP) is 5.08. The zero-order valence-corrected chi connectivity index (χ0v) is 18.8. The summed E-state index contributed by atoms with van der Waals surface area (Å²) in [6, 6.07) is 9.99. The van der Waals surface area contributed by atoms with Gasteiger partial charge in [-0.3, -0.25) is 14.4 Å². The second-order valence-electron chi connectivity index (χ2n) is 8.68. The van der Waals surface area contributed by atoms with E-state index in [-0.39, 0.29) is 36.4 Å². The van der Waals surface area contributed by atoms with E-state index in [1.165, 1.54) is 18.2 Å². The van der Waals surface area contributed by atoms with Crippen LogP contribution in [-0.4, -0.2) is 29.8 Å². The lowest BCUT2D eigenvalue weighted by atomic mass is 9.98. The van der Waals surface area contributed by atoms with Gasteiger partial charge in [0.1, 0.15) is 17.2 Å². The molecule has 0 radical (unpaired) electrons. The second-order valence-corrected chi connectivity index (χ2v) is 8.68. The third-order valence-electron chi connectivity index (χ3n) is 4.67. The van der Waals surface area contributed by atoms with Gasteiger partial charge in [0, 0.05) is 24.4 Å².